The van der Waals surface area contributed by atoms with Crippen LogP contribution >= 0.6 is 11.8 Å². The largest absolute Gasteiger partial charge is 0.339 e. The summed E-state index contributed by atoms with van der Waals surface area (Å²) in [4.78, 5) is 16.5. The zero-order valence-electron chi connectivity index (χ0n) is 13.6. The lowest BCUT2D eigenvalue weighted by Gasteiger charge is -2.27. The molecule has 2 aliphatic rings. The fourth-order valence-corrected chi connectivity index (χ4v) is 4.61. The number of aromatic nitrogens is 3. The predicted octanol–water partition coefficient (Wildman–Crippen LogP) is 3.47. The maximum atomic E-state index is 5.00. The van der Waals surface area contributed by atoms with Crippen molar-refractivity contribution >= 4 is 16.9 Å². The average molecular weight is 347 g/mol. The van der Waals surface area contributed by atoms with Gasteiger partial charge in [0, 0.05) is 36.6 Å². The number of amidine groups is 1. The summed E-state index contributed by atoms with van der Waals surface area (Å²) >= 11 is 1.84. The first-order valence-corrected chi connectivity index (χ1v) is 9.37. The third-order valence-electron chi connectivity index (χ3n) is 4.66. The van der Waals surface area contributed by atoms with Crippen molar-refractivity contribution in [3.05, 3.63) is 78.5 Å². The summed E-state index contributed by atoms with van der Waals surface area (Å²) in [7, 11) is 0. The highest BCUT2D eigenvalue weighted by molar-refractivity contribution is 8.14. The fraction of sp³-hybridized carbons (Fsp3) is 0.211. The number of hydrogen-bond acceptors (Lipinski definition) is 5. The van der Waals surface area contributed by atoms with Crippen molar-refractivity contribution in [2.45, 2.75) is 12.1 Å². The van der Waals surface area contributed by atoms with Crippen LogP contribution in [-0.2, 0) is 0 Å². The van der Waals surface area contributed by atoms with Crippen LogP contribution in [0.4, 0.5) is 0 Å². The van der Waals surface area contributed by atoms with Gasteiger partial charge in [-0.2, -0.15) is 0 Å². The Bertz CT molecular complexity index is 906. The molecule has 5 nitrogen and oxygen atoms in total. The monoisotopic (exact) mass is 347 g/mol. The second kappa shape index (κ2) is 6.04. The first kappa shape index (κ1) is 14.7. The first-order chi connectivity index (χ1) is 12.4. The van der Waals surface area contributed by atoms with E-state index in [9.17, 15) is 0 Å². The van der Waals surface area contributed by atoms with E-state index in [4.69, 9.17) is 4.99 Å². The van der Waals surface area contributed by atoms with Gasteiger partial charge in [0.1, 0.15) is 11.9 Å². The van der Waals surface area contributed by atoms with Gasteiger partial charge >= 0.3 is 0 Å². The van der Waals surface area contributed by atoms with Gasteiger partial charge in [0.2, 0.25) is 0 Å². The number of nitrogens with zero attached hydrogens (tertiary/aromatic N) is 5. The lowest BCUT2D eigenvalue weighted by Crippen LogP contribution is -2.29. The molecule has 5 rings (SSSR count). The molecule has 0 N–H and O–H groups in total. The molecule has 25 heavy (non-hydrogen) atoms. The summed E-state index contributed by atoms with van der Waals surface area (Å²) in [5, 5.41) is 1.13. The summed E-state index contributed by atoms with van der Waals surface area (Å²) in [6.07, 6.45) is 5.76. The number of aliphatic imine (C=N–C) groups is 1. The zero-order chi connectivity index (χ0) is 16.6. The van der Waals surface area contributed by atoms with Crippen LogP contribution in [0.5, 0.6) is 0 Å². The molecule has 5 heterocycles. The van der Waals surface area contributed by atoms with Crippen LogP contribution in [-0.4, -0.2) is 36.9 Å². The van der Waals surface area contributed by atoms with E-state index in [-0.39, 0.29) is 12.1 Å². The Morgan fingerprint density at radius 3 is 2.64 bits per heavy atom. The van der Waals surface area contributed by atoms with Gasteiger partial charge in [-0.05, 0) is 36.4 Å². The Morgan fingerprint density at radius 2 is 1.84 bits per heavy atom. The van der Waals surface area contributed by atoms with Crippen molar-refractivity contribution in [1.29, 1.82) is 0 Å². The van der Waals surface area contributed by atoms with E-state index in [0.717, 1.165) is 29.0 Å². The summed E-state index contributed by atoms with van der Waals surface area (Å²) in [5.74, 6) is 2.02. The van der Waals surface area contributed by atoms with Gasteiger partial charge in [0.15, 0.2) is 5.17 Å². The van der Waals surface area contributed by atoms with E-state index in [1.54, 1.807) is 0 Å². The molecule has 1 fully saturated rings. The van der Waals surface area contributed by atoms with Crippen LogP contribution in [0.15, 0.2) is 72.1 Å². The maximum Gasteiger partial charge on any atom is 0.160 e. The number of thioether (sulfide) groups is 1. The molecule has 0 radical (unpaired) electrons. The maximum absolute atomic E-state index is 5.00. The minimum atomic E-state index is 0.0152. The molecular formula is C19H17N5S. The summed E-state index contributed by atoms with van der Waals surface area (Å²) in [5.41, 5.74) is 2.22. The van der Waals surface area contributed by atoms with Crippen molar-refractivity contribution in [1.82, 2.24) is 19.4 Å². The number of rotatable bonds is 3. The molecule has 3 aromatic heterocycles. The summed E-state index contributed by atoms with van der Waals surface area (Å²) in [6.45, 7) is 1.02. The number of hydrogen-bond donors (Lipinski definition) is 0. The first-order valence-electron chi connectivity index (χ1n) is 8.39. The summed E-state index contributed by atoms with van der Waals surface area (Å²) < 4.78 is 2.17. The molecule has 0 bridgehead atoms. The second-order valence-corrected chi connectivity index (χ2v) is 7.15. The van der Waals surface area contributed by atoms with E-state index in [1.165, 1.54) is 5.69 Å². The average Bonchev–Trinajstić information content (AvgIpc) is 3.38. The summed E-state index contributed by atoms with van der Waals surface area (Å²) in [6, 6.07) is 16.5. The molecule has 0 aliphatic carbocycles. The van der Waals surface area contributed by atoms with Gasteiger partial charge in [-0.15, -0.1) is 0 Å². The van der Waals surface area contributed by atoms with Crippen molar-refractivity contribution < 1.29 is 0 Å². The highest BCUT2D eigenvalue weighted by Gasteiger charge is 2.42. The van der Waals surface area contributed by atoms with E-state index in [2.05, 4.69) is 43.8 Å². The normalized spacial score (nSPS) is 22.1. The van der Waals surface area contributed by atoms with Gasteiger partial charge < -0.3 is 9.47 Å². The van der Waals surface area contributed by atoms with Crippen molar-refractivity contribution in [3.8, 4) is 5.82 Å². The molecule has 124 valence electrons. The molecule has 0 amide bonds. The van der Waals surface area contributed by atoms with E-state index < -0.39 is 0 Å². The highest BCUT2D eigenvalue weighted by atomic mass is 32.2. The van der Waals surface area contributed by atoms with Crippen LogP contribution in [0.1, 0.15) is 23.5 Å². The molecular weight excluding hydrogens is 330 g/mol. The molecule has 0 spiro atoms. The predicted molar refractivity (Wildman–Crippen MR) is 99.9 cm³/mol. The smallest absolute Gasteiger partial charge is 0.160 e. The van der Waals surface area contributed by atoms with Gasteiger partial charge in [-0.1, -0.05) is 23.9 Å². The van der Waals surface area contributed by atoms with Crippen molar-refractivity contribution in [2.24, 2.45) is 4.99 Å². The molecule has 0 saturated carbocycles. The number of fused-ring (bicyclic) bond motifs is 1. The molecule has 1 saturated heterocycles. The van der Waals surface area contributed by atoms with Crippen LogP contribution in [0, 0.1) is 0 Å². The SMILES string of the molecule is c1ccc(C2N=C3SCCN3C2c2cccn2-c2ccccn2)nc1. The van der Waals surface area contributed by atoms with Crippen LogP contribution < -0.4 is 0 Å². The number of pyridine rings is 2. The van der Waals surface area contributed by atoms with Crippen molar-refractivity contribution in [2.75, 3.05) is 12.3 Å². The Balaban J connectivity index is 1.62. The van der Waals surface area contributed by atoms with E-state index >= 15 is 0 Å². The standard InChI is InChI=1S/C19H17N5S/c1-3-9-20-14(6-1)17-18(24-12-13-25-19(24)22-17)15-7-5-11-23(15)16-8-2-4-10-21-16/h1-11,17-18H,12-13H2. The van der Waals surface area contributed by atoms with Crippen LogP contribution in [0.2, 0.25) is 0 Å². The lowest BCUT2D eigenvalue weighted by atomic mass is 10.0. The zero-order valence-corrected chi connectivity index (χ0v) is 14.4. The quantitative estimate of drug-likeness (QED) is 0.728. The fourth-order valence-electron chi connectivity index (χ4n) is 3.58. The van der Waals surface area contributed by atoms with E-state index in [0.29, 0.717) is 0 Å². The highest BCUT2D eigenvalue weighted by Crippen LogP contribution is 2.46. The Morgan fingerprint density at radius 1 is 0.960 bits per heavy atom. The minimum Gasteiger partial charge on any atom is -0.339 e. The van der Waals surface area contributed by atoms with Gasteiger partial charge in [0.25, 0.3) is 0 Å². The third kappa shape index (κ3) is 2.44. The van der Waals surface area contributed by atoms with E-state index in [1.807, 2.05) is 54.5 Å². The second-order valence-electron chi connectivity index (χ2n) is 6.09. The Kier molecular flexibility index (Phi) is 3.56. The third-order valence-corrected chi connectivity index (χ3v) is 5.65. The molecule has 2 unspecified atom stereocenters. The van der Waals surface area contributed by atoms with Crippen LogP contribution in [0.3, 0.4) is 0 Å². The molecule has 0 aromatic carbocycles. The Hall–Kier alpha value is -2.60. The molecule has 2 atom stereocenters. The van der Waals surface area contributed by atoms with Gasteiger partial charge in [0.05, 0.1) is 11.7 Å². The van der Waals surface area contributed by atoms with Crippen molar-refractivity contribution in [3.63, 3.8) is 0 Å². The minimum absolute atomic E-state index is 0.0152. The molecule has 6 heteroatoms. The van der Waals surface area contributed by atoms with Crippen LogP contribution in [0.25, 0.3) is 5.82 Å². The molecule has 2 aliphatic heterocycles. The van der Waals surface area contributed by atoms with Gasteiger partial charge in [-0.3, -0.25) is 9.98 Å². The lowest BCUT2D eigenvalue weighted by molar-refractivity contribution is 0.322. The topological polar surface area (TPSA) is 46.3 Å². The Labute approximate surface area is 150 Å². The molecule has 3 aromatic rings. The van der Waals surface area contributed by atoms with Gasteiger partial charge in [-0.25, -0.2) is 4.98 Å².